The van der Waals surface area contributed by atoms with Crippen molar-refractivity contribution >= 4 is 12.2 Å². The summed E-state index contributed by atoms with van der Waals surface area (Å²) in [6.07, 6.45) is 0. The van der Waals surface area contributed by atoms with Gasteiger partial charge < -0.3 is 10.2 Å². The first kappa shape index (κ1) is 10.2. The molecule has 7 heteroatoms. The Balaban J connectivity index is 0.000000146. The molecular weight excluding hydrogens is 204 g/mol. The van der Waals surface area contributed by atoms with Gasteiger partial charge in [-0.15, -0.1) is 0 Å². The second kappa shape index (κ2) is 4.97. The highest BCUT2D eigenvalue weighted by molar-refractivity contribution is 7.71. The van der Waals surface area contributed by atoms with Gasteiger partial charge in [0, 0.05) is 0 Å². The molecule has 0 bridgehead atoms. The lowest BCUT2D eigenvalue weighted by Gasteiger charge is -1.91. The molecule has 0 spiro atoms. The number of phenols is 2. The van der Waals surface area contributed by atoms with Crippen LogP contribution in [0.4, 0.5) is 0 Å². The lowest BCUT2D eigenvalue weighted by Crippen LogP contribution is -1.64. The molecule has 0 atom stereocenters. The molecule has 0 fully saturated rings. The fourth-order valence-corrected chi connectivity index (χ4v) is 0.719. The molecule has 0 aliphatic carbocycles. The summed E-state index contributed by atoms with van der Waals surface area (Å²) in [5.41, 5.74) is 0. The Labute approximate surface area is 84.2 Å². The zero-order valence-electron chi connectivity index (χ0n) is 7.01. The Morgan fingerprint density at radius 1 is 1.14 bits per heavy atom. The third-order valence-corrected chi connectivity index (χ3v) is 1.42. The fourth-order valence-electron chi connectivity index (χ4n) is 0.632. The summed E-state index contributed by atoms with van der Waals surface area (Å²) < 4.78 is 0.384. The third kappa shape index (κ3) is 3.23. The zero-order chi connectivity index (χ0) is 10.4. The van der Waals surface area contributed by atoms with Gasteiger partial charge >= 0.3 is 0 Å². The summed E-state index contributed by atoms with van der Waals surface area (Å²) in [6.45, 7) is 0. The Hall–Kier alpha value is -1.89. The summed E-state index contributed by atoms with van der Waals surface area (Å²) in [5, 5.41) is 28.8. The van der Waals surface area contributed by atoms with Gasteiger partial charge in [0.15, 0.2) is 11.5 Å². The number of aromatic amines is 2. The van der Waals surface area contributed by atoms with Crippen molar-refractivity contribution in [2.75, 3.05) is 0 Å². The predicted octanol–water partition coefficient (Wildman–Crippen LogP) is 0.960. The third-order valence-electron chi connectivity index (χ3n) is 1.24. The second-order valence-corrected chi connectivity index (χ2v) is 2.62. The number of para-hydroxylation sites is 2. The fraction of sp³-hybridized carbons (Fsp3) is 0. The van der Waals surface area contributed by atoms with E-state index in [9.17, 15) is 0 Å². The minimum atomic E-state index is -0.0764. The Bertz CT molecular complexity index is 401. The molecule has 1 heterocycles. The van der Waals surface area contributed by atoms with Crippen molar-refractivity contribution in [1.82, 2.24) is 20.6 Å². The van der Waals surface area contributed by atoms with E-state index in [1.54, 1.807) is 12.1 Å². The van der Waals surface area contributed by atoms with Crippen molar-refractivity contribution in [2.24, 2.45) is 0 Å². The molecular formula is C7H8N4O2S. The predicted molar refractivity (Wildman–Crippen MR) is 51.3 cm³/mol. The van der Waals surface area contributed by atoms with Crippen LogP contribution in [0.3, 0.4) is 0 Å². The van der Waals surface area contributed by atoms with Gasteiger partial charge in [0.05, 0.1) is 0 Å². The van der Waals surface area contributed by atoms with Crippen molar-refractivity contribution < 1.29 is 10.2 Å². The number of nitrogens with zero attached hydrogens (tertiary/aromatic N) is 2. The summed E-state index contributed by atoms with van der Waals surface area (Å²) >= 11 is 4.48. The molecule has 0 aliphatic heterocycles. The van der Waals surface area contributed by atoms with Crippen LogP contribution in [0.5, 0.6) is 11.5 Å². The average Bonchev–Trinajstić information content (AvgIpc) is 2.63. The number of nitrogens with one attached hydrogen (secondary N) is 2. The number of H-pyrrole nitrogens is 2. The van der Waals surface area contributed by atoms with Crippen LogP contribution >= 0.6 is 12.2 Å². The van der Waals surface area contributed by atoms with Crippen molar-refractivity contribution in [3.05, 3.63) is 29.0 Å². The van der Waals surface area contributed by atoms with Gasteiger partial charge in [-0.2, -0.15) is 5.21 Å². The summed E-state index contributed by atoms with van der Waals surface area (Å²) in [5.74, 6) is -0.153. The minimum Gasteiger partial charge on any atom is -0.504 e. The highest BCUT2D eigenvalue weighted by Crippen LogP contribution is 2.21. The van der Waals surface area contributed by atoms with Crippen molar-refractivity contribution in [2.45, 2.75) is 0 Å². The monoisotopic (exact) mass is 212 g/mol. The number of benzene rings is 1. The topological polar surface area (TPSA) is 97.8 Å². The van der Waals surface area contributed by atoms with Gasteiger partial charge in [0.1, 0.15) is 0 Å². The van der Waals surface area contributed by atoms with Crippen molar-refractivity contribution in [1.29, 1.82) is 0 Å². The molecule has 1 aromatic heterocycles. The Morgan fingerprint density at radius 2 is 1.71 bits per heavy atom. The molecule has 0 unspecified atom stereocenters. The van der Waals surface area contributed by atoms with E-state index < -0.39 is 0 Å². The molecule has 14 heavy (non-hydrogen) atoms. The van der Waals surface area contributed by atoms with Crippen LogP contribution in [-0.2, 0) is 0 Å². The maximum absolute atomic E-state index is 8.67. The lowest BCUT2D eigenvalue weighted by atomic mass is 10.3. The number of phenolic OH excluding ortho intramolecular Hbond substituents is 2. The zero-order valence-corrected chi connectivity index (χ0v) is 7.82. The van der Waals surface area contributed by atoms with Crippen LogP contribution < -0.4 is 0 Å². The SMILES string of the molecule is Oc1ccccc1O.S=c1nn[nH][nH]1. The highest BCUT2D eigenvalue weighted by atomic mass is 32.1. The molecule has 4 N–H and O–H groups in total. The van der Waals surface area contributed by atoms with E-state index in [2.05, 4.69) is 32.8 Å². The lowest BCUT2D eigenvalue weighted by molar-refractivity contribution is 0.404. The molecule has 0 saturated heterocycles. The van der Waals surface area contributed by atoms with E-state index in [-0.39, 0.29) is 11.5 Å². The summed E-state index contributed by atoms with van der Waals surface area (Å²) in [7, 11) is 0. The molecule has 2 aromatic rings. The highest BCUT2D eigenvalue weighted by Gasteiger charge is 1.90. The van der Waals surface area contributed by atoms with E-state index >= 15 is 0 Å². The molecule has 1 aromatic carbocycles. The Morgan fingerprint density at radius 3 is 1.93 bits per heavy atom. The largest absolute Gasteiger partial charge is 0.504 e. The van der Waals surface area contributed by atoms with Crippen LogP contribution in [0, 0.1) is 4.77 Å². The maximum Gasteiger partial charge on any atom is 0.235 e. The van der Waals surface area contributed by atoms with Crippen LogP contribution in [0.25, 0.3) is 0 Å². The standard InChI is InChI=1S/C6H6O2.CH2N4S/c7-5-3-1-2-4-6(5)8;6-1-2-4-5-3-1/h1-4,7-8H;(H2,2,3,4,5,6). The summed E-state index contributed by atoms with van der Waals surface area (Å²) in [6, 6.07) is 6.15. The van der Waals surface area contributed by atoms with Crippen LogP contribution in [0.1, 0.15) is 0 Å². The number of tetrazole rings is 1. The number of hydrogen-bond donors (Lipinski definition) is 4. The number of rotatable bonds is 0. The van der Waals surface area contributed by atoms with Gasteiger partial charge in [-0.25, -0.2) is 0 Å². The molecule has 0 radical (unpaired) electrons. The first-order valence-electron chi connectivity index (χ1n) is 3.63. The average molecular weight is 212 g/mol. The normalized spacial score (nSPS) is 8.86. The van der Waals surface area contributed by atoms with Gasteiger partial charge in [0.2, 0.25) is 4.77 Å². The molecule has 0 amide bonds. The van der Waals surface area contributed by atoms with E-state index in [1.807, 2.05) is 0 Å². The second-order valence-electron chi connectivity index (χ2n) is 2.23. The molecule has 2 rings (SSSR count). The van der Waals surface area contributed by atoms with Gasteiger partial charge in [-0.3, -0.25) is 5.10 Å². The number of aromatic hydroxyl groups is 2. The van der Waals surface area contributed by atoms with E-state index in [0.29, 0.717) is 4.77 Å². The van der Waals surface area contributed by atoms with E-state index in [4.69, 9.17) is 10.2 Å². The molecule has 0 saturated carbocycles. The number of hydrogen-bond acceptors (Lipinski definition) is 5. The van der Waals surface area contributed by atoms with Gasteiger partial charge in [0.25, 0.3) is 0 Å². The van der Waals surface area contributed by atoms with E-state index in [1.165, 1.54) is 12.1 Å². The minimum absolute atomic E-state index is 0.0764. The maximum atomic E-state index is 8.67. The number of aromatic nitrogens is 4. The van der Waals surface area contributed by atoms with Crippen LogP contribution in [0.2, 0.25) is 0 Å². The molecule has 0 aliphatic rings. The smallest absolute Gasteiger partial charge is 0.235 e. The van der Waals surface area contributed by atoms with E-state index in [0.717, 1.165) is 0 Å². The van der Waals surface area contributed by atoms with Crippen molar-refractivity contribution in [3.63, 3.8) is 0 Å². The van der Waals surface area contributed by atoms with Crippen LogP contribution in [0.15, 0.2) is 24.3 Å². The molecule has 74 valence electrons. The van der Waals surface area contributed by atoms with Gasteiger partial charge in [-0.05, 0) is 24.4 Å². The quantitative estimate of drug-likeness (QED) is 0.385. The molecule has 6 nitrogen and oxygen atoms in total. The first-order valence-corrected chi connectivity index (χ1v) is 4.03. The summed E-state index contributed by atoms with van der Waals surface area (Å²) in [4.78, 5) is 0. The first-order chi connectivity index (χ1) is 6.70. The van der Waals surface area contributed by atoms with Gasteiger partial charge in [-0.1, -0.05) is 22.4 Å². The van der Waals surface area contributed by atoms with Crippen molar-refractivity contribution in [3.8, 4) is 11.5 Å². The Kier molecular flexibility index (Phi) is 3.62. The van der Waals surface area contributed by atoms with Crippen LogP contribution in [-0.4, -0.2) is 30.8 Å².